The zero-order valence-electron chi connectivity index (χ0n) is 7.69. The highest BCUT2D eigenvalue weighted by Gasteiger charge is 2.11. The van der Waals surface area contributed by atoms with Crippen molar-refractivity contribution in [2.24, 2.45) is 0 Å². The van der Waals surface area contributed by atoms with E-state index in [9.17, 15) is 4.79 Å². The first kappa shape index (κ1) is 12.6. The summed E-state index contributed by atoms with van der Waals surface area (Å²) in [6.45, 7) is 3.69. The second-order valence-electron chi connectivity index (χ2n) is 2.80. The van der Waals surface area contributed by atoms with Gasteiger partial charge in [0.15, 0.2) is 0 Å². The van der Waals surface area contributed by atoms with Gasteiger partial charge in [0, 0.05) is 9.51 Å². The third-order valence-corrected chi connectivity index (χ3v) is 3.07. The second kappa shape index (κ2) is 5.54. The van der Waals surface area contributed by atoms with Gasteiger partial charge < -0.3 is 5.32 Å². The normalized spacial score (nSPS) is 9.80. The summed E-state index contributed by atoms with van der Waals surface area (Å²) in [4.78, 5) is 11.6. The van der Waals surface area contributed by atoms with E-state index >= 15 is 0 Å². The maximum Gasteiger partial charge on any atom is 0.253 e. The van der Waals surface area contributed by atoms with E-state index in [0.717, 1.165) is 0 Å². The van der Waals surface area contributed by atoms with Crippen LogP contribution in [0, 0.1) is 0 Å². The van der Waals surface area contributed by atoms with Crippen molar-refractivity contribution in [1.82, 2.24) is 5.32 Å². The maximum atomic E-state index is 11.6. The van der Waals surface area contributed by atoms with E-state index in [0.29, 0.717) is 20.1 Å². The van der Waals surface area contributed by atoms with Crippen molar-refractivity contribution in [3.63, 3.8) is 0 Å². The van der Waals surface area contributed by atoms with Gasteiger partial charge in [0.25, 0.3) is 5.91 Å². The summed E-state index contributed by atoms with van der Waals surface area (Å²) in [5.41, 5.74) is 0.406. The molecule has 0 heterocycles. The number of hydrogen-bond donors (Lipinski definition) is 1. The fourth-order valence-electron chi connectivity index (χ4n) is 0.951. The van der Waals surface area contributed by atoms with E-state index in [2.05, 4.69) is 27.8 Å². The minimum atomic E-state index is -0.275. The predicted molar refractivity (Wildman–Crippen MR) is 66.5 cm³/mol. The summed E-state index contributed by atoms with van der Waals surface area (Å²) in [7, 11) is 0. The van der Waals surface area contributed by atoms with Gasteiger partial charge in [-0.05, 0) is 28.1 Å². The van der Waals surface area contributed by atoms with Gasteiger partial charge in [-0.3, -0.25) is 4.79 Å². The van der Waals surface area contributed by atoms with Crippen LogP contribution in [0.25, 0.3) is 0 Å². The Kier molecular flexibility index (Phi) is 4.64. The fraction of sp³-hybridized carbons (Fsp3) is 0.100. The van der Waals surface area contributed by atoms with Gasteiger partial charge in [0.2, 0.25) is 0 Å². The minimum Gasteiger partial charge on any atom is -0.347 e. The summed E-state index contributed by atoms with van der Waals surface area (Å²) < 4.78 is 0.682. The van der Waals surface area contributed by atoms with Gasteiger partial charge in [-0.2, -0.15) is 0 Å². The Morgan fingerprint density at radius 1 is 1.53 bits per heavy atom. The molecule has 2 nitrogen and oxygen atoms in total. The highest BCUT2D eigenvalue weighted by molar-refractivity contribution is 9.10. The molecule has 0 aromatic heterocycles. The van der Waals surface area contributed by atoms with Crippen molar-refractivity contribution in [3.8, 4) is 0 Å². The SMILES string of the molecule is C=C(Cl)CNC(=O)c1cccc(Br)c1Cl. The zero-order chi connectivity index (χ0) is 11.4. The molecular formula is C10H8BrCl2NO. The van der Waals surface area contributed by atoms with Crippen LogP contribution in [-0.4, -0.2) is 12.5 Å². The molecule has 0 fully saturated rings. The van der Waals surface area contributed by atoms with Crippen molar-refractivity contribution in [3.05, 3.63) is 44.9 Å². The summed E-state index contributed by atoms with van der Waals surface area (Å²) in [5, 5.41) is 3.35. The molecule has 0 radical (unpaired) electrons. The Balaban J connectivity index is 2.82. The molecule has 1 aromatic carbocycles. The smallest absolute Gasteiger partial charge is 0.253 e. The van der Waals surface area contributed by atoms with Gasteiger partial charge >= 0.3 is 0 Å². The van der Waals surface area contributed by atoms with Gasteiger partial charge in [-0.25, -0.2) is 0 Å². The topological polar surface area (TPSA) is 29.1 Å². The largest absolute Gasteiger partial charge is 0.347 e. The number of halogens is 3. The zero-order valence-corrected chi connectivity index (χ0v) is 10.8. The van der Waals surface area contributed by atoms with Crippen molar-refractivity contribution in [2.75, 3.05) is 6.54 Å². The summed E-state index contributed by atoms with van der Waals surface area (Å²) >= 11 is 14.7. The maximum absolute atomic E-state index is 11.6. The molecule has 1 N–H and O–H groups in total. The number of hydrogen-bond acceptors (Lipinski definition) is 1. The Labute approximate surface area is 106 Å². The van der Waals surface area contributed by atoms with E-state index in [1.165, 1.54) is 0 Å². The molecule has 1 aromatic rings. The molecule has 0 saturated heterocycles. The molecule has 0 bridgehead atoms. The predicted octanol–water partition coefficient (Wildman–Crippen LogP) is 3.58. The lowest BCUT2D eigenvalue weighted by Gasteiger charge is -2.06. The lowest BCUT2D eigenvalue weighted by atomic mass is 10.2. The Bertz CT molecular complexity index is 406. The van der Waals surface area contributed by atoms with E-state index in [1.807, 2.05) is 0 Å². The first-order valence-corrected chi connectivity index (χ1v) is 5.62. The van der Waals surface area contributed by atoms with Crippen LogP contribution in [0.3, 0.4) is 0 Å². The molecular weight excluding hydrogens is 301 g/mol. The molecule has 0 aliphatic rings. The van der Waals surface area contributed by atoms with Crippen molar-refractivity contribution in [2.45, 2.75) is 0 Å². The Morgan fingerprint density at radius 2 is 2.20 bits per heavy atom. The first-order valence-electron chi connectivity index (χ1n) is 4.08. The van der Waals surface area contributed by atoms with Gasteiger partial charge in [0.1, 0.15) is 0 Å². The van der Waals surface area contributed by atoms with Gasteiger partial charge in [-0.15, -0.1) is 0 Å². The van der Waals surface area contributed by atoms with Crippen molar-refractivity contribution < 1.29 is 4.79 Å². The van der Waals surface area contributed by atoms with Crippen LogP contribution in [0.5, 0.6) is 0 Å². The van der Waals surface area contributed by atoms with E-state index in [-0.39, 0.29) is 12.5 Å². The van der Waals surface area contributed by atoms with E-state index in [4.69, 9.17) is 23.2 Å². The average Bonchev–Trinajstić information content (AvgIpc) is 2.18. The molecule has 5 heteroatoms. The number of amides is 1. The standard InChI is InChI=1S/C10H8BrCl2NO/c1-6(12)5-14-10(15)7-3-2-4-8(11)9(7)13/h2-4H,1,5H2,(H,14,15). The Morgan fingerprint density at radius 3 is 2.80 bits per heavy atom. The van der Waals surface area contributed by atoms with E-state index < -0.39 is 0 Å². The van der Waals surface area contributed by atoms with Crippen LogP contribution in [0.4, 0.5) is 0 Å². The average molecular weight is 309 g/mol. The summed E-state index contributed by atoms with van der Waals surface area (Å²) in [6, 6.07) is 5.14. The number of benzene rings is 1. The number of carbonyl (C=O) groups is 1. The van der Waals surface area contributed by atoms with Crippen LogP contribution in [0.15, 0.2) is 34.3 Å². The lowest BCUT2D eigenvalue weighted by Crippen LogP contribution is -2.24. The fourth-order valence-corrected chi connectivity index (χ4v) is 1.60. The second-order valence-corrected chi connectivity index (χ2v) is 4.57. The molecule has 0 saturated carbocycles. The van der Waals surface area contributed by atoms with Crippen LogP contribution in [0.2, 0.25) is 5.02 Å². The summed E-state index contributed by atoms with van der Waals surface area (Å²) in [5.74, 6) is -0.275. The highest BCUT2D eigenvalue weighted by Crippen LogP contribution is 2.25. The molecule has 0 aliphatic carbocycles. The number of rotatable bonds is 3. The van der Waals surface area contributed by atoms with Crippen LogP contribution in [0.1, 0.15) is 10.4 Å². The molecule has 0 atom stereocenters. The first-order chi connectivity index (χ1) is 7.02. The molecule has 1 amide bonds. The number of carbonyl (C=O) groups excluding carboxylic acids is 1. The molecule has 0 spiro atoms. The van der Waals surface area contributed by atoms with E-state index in [1.54, 1.807) is 18.2 Å². The Hall–Kier alpha value is -0.510. The molecule has 80 valence electrons. The summed E-state index contributed by atoms with van der Waals surface area (Å²) in [6.07, 6.45) is 0. The minimum absolute atomic E-state index is 0.225. The number of nitrogens with one attached hydrogen (secondary N) is 1. The van der Waals surface area contributed by atoms with Crippen LogP contribution < -0.4 is 5.32 Å². The van der Waals surface area contributed by atoms with Crippen molar-refractivity contribution >= 4 is 45.0 Å². The van der Waals surface area contributed by atoms with Crippen molar-refractivity contribution in [1.29, 1.82) is 0 Å². The molecule has 1 rings (SSSR count). The molecule has 0 unspecified atom stereocenters. The van der Waals surface area contributed by atoms with Gasteiger partial charge in [0.05, 0.1) is 17.1 Å². The third kappa shape index (κ3) is 3.52. The lowest BCUT2D eigenvalue weighted by molar-refractivity contribution is 0.0957. The molecule has 15 heavy (non-hydrogen) atoms. The highest BCUT2D eigenvalue weighted by atomic mass is 79.9. The monoisotopic (exact) mass is 307 g/mol. The quantitative estimate of drug-likeness (QED) is 0.908. The van der Waals surface area contributed by atoms with Crippen LogP contribution >= 0.6 is 39.1 Å². The van der Waals surface area contributed by atoms with Crippen LogP contribution in [-0.2, 0) is 0 Å². The third-order valence-electron chi connectivity index (χ3n) is 1.64. The molecule has 0 aliphatic heterocycles. The van der Waals surface area contributed by atoms with Gasteiger partial charge in [-0.1, -0.05) is 35.8 Å².